The van der Waals surface area contributed by atoms with E-state index < -0.39 is 47.9 Å². The molecule has 3 heterocycles. The van der Waals surface area contributed by atoms with E-state index in [1.165, 1.54) is 4.90 Å². The Labute approximate surface area is 305 Å². The minimum absolute atomic E-state index is 0.104. The number of hydrogen-bond donors (Lipinski definition) is 4. The average Bonchev–Trinajstić information content (AvgIpc) is 3.76. The van der Waals surface area contributed by atoms with Crippen LogP contribution in [0.2, 0.25) is 0 Å². The van der Waals surface area contributed by atoms with Crippen LogP contribution in [0.25, 0.3) is 0 Å². The lowest BCUT2D eigenvalue weighted by Gasteiger charge is -2.29. The Hall–Kier alpha value is -4.65. The molecular formula is C39H53N5O8. The summed E-state index contributed by atoms with van der Waals surface area (Å²) in [5.41, 5.74) is 1.50. The summed E-state index contributed by atoms with van der Waals surface area (Å²) < 4.78 is 17.0. The van der Waals surface area contributed by atoms with Gasteiger partial charge in [0.2, 0.25) is 29.5 Å². The molecule has 3 aliphatic heterocycles. The average molecular weight is 720 g/mol. The number of nitrogens with zero attached hydrogens (tertiary/aromatic N) is 1. The van der Waals surface area contributed by atoms with Crippen molar-refractivity contribution in [1.29, 1.82) is 0 Å². The first-order chi connectivity index (χ1) is 25.0. The van der Waals surface area contributed by atoms with Crippen molar-refractivity contribution in [1.82, 2.24) is 26.2 Å². The van der Waals surface area contributed by atoms with E-state index in [1.54, 1.807) is 50.4 Å². The summed E-state index contributed by atoms with van der Waals surface area (Å²) in [5.74, 6) is -0.416. The highest BCUT2D eigenvalue weighted by Crippen LogP contribution is 2.30. The maximum absolute atomic E-state index is 14.1. The summed E-state index contributed by atoms with van der Waals surface area (Å²) >= 11 is 0. The van der Waals surface area contributed by atoms with Crippen LogP contribution in [-0.2, 0) is 41.6 Å². The molecule has 1 aliphatic carbocycles. The molecule has 6 rings (SSSR count). The summed E-state index contributed by atoms with van der Waals surface area (Å²) in [5, 5.41) is 11.6. The number of methoxy groups -OCH3 is 1. The molecule has 0 aromatic heterocycles. The third-order valence-electron chi connectivity index (χ3n) is 9.57. The van der Waals surface area contributed by atoms with Crippen molar-refractivity contribution in [2.24, 2.45) is 11.8 Å². The van der Waals surface area contributed by atoms with Gasteiger partial charge in [-0.05, 0) is 86.3 Å². The maximum atomic E-state index is 14.1. The lowest BCUT2D eigenvalue weighted by Crippen LogP contribution is -2.58. The molecule has 0 radical (unpaired) electrons. The second kappa shape index (κ2) is 18.2. The summed E-state index contributed by atoms with van der Waals surface area (Å²) in [6.07, 6.45) is 3.49. The van der Waals surface area contributed by atoms with E-state index in [1.807, 2.05) is 12.1 Å². The van der Waals surface area contributed by atoms with Gasteiger partial charge in [-0.1, -0.05) is 38.1 Å². The zero-order chi connectivity index (χ0) is 37.2. The predicted octanol–water partition coefficient (Wildman–Crippen LogP) is 2.30. The molecule has 1 saturated carbocycles. The van der Waals surface area contributed by atoms with Crippen molar-refractivity contribution in [2.75, 3.05) is 33.4 Å². The number of carbonyl (C=O) groups excluding carboxylic acids is 5. The van der Waals surface area contributed by atoms with Gasteiger partial charge in [-0.25, -0.2) is 0 Å². The van der Waals surface area contributed by atoms with Crippen LogP contribution in [0.15, 0.2) is 48.5 Å². The normalized spacial score (nSPS) is 25.2. The van der Waals surface area contributed by atoms with Crippen LogP contribution >= 0.6 is 0 Å². The molecule has 2 aromatic carbocycles. The topological polar surface area (TPSA) is 164 Å². The SMILES string of the molecule is COc1ccc(C[C@@H]2NC(=O)[C@@H](NC(=O)[C@H]3CCCO3)Cc3ccc(cc3)OC[C@H](CC(C)C)NC(=O)CN(CC3CC3)C(=O)[C@@H](C)NC2=O)cc1. The Kier molecular flexibility index (Phi) is 13.5. The zero-order valence-electron chi connectivity index (χ0n) is 30.7. The minimum atomic E-state index is -1.10. The predicted molar refractivity (Wildman–Crippen MR) is 193 cm³/mol. The van der Waals surface area contributed by atoms with Gasteiger partial charge in [0.05, 0.1) is 19.7 Å². The molecule has 0 unspecified atom stereocenters. The summed E-state index contributed by atoms with van der Waals surface area (Å²) in [6, 6.07) is 10.9. The van der Waals surface area contributed by atoms with Crippen LogP contribution in [0, 0.1) is 11.8 Å². The third-order valence-corrected chi connectivity index (χ3v) is 9.57. The number of rotatable bonds is 9. The molecule has 4 aliphatic rings. The molecule has 52 heavy (non-hydrogen) atoms. The molecule has 2 fully saturated rings. The van der Waals surface area contributed by atoms with E-state index >= 15 is 0 Å². The smallest absolute Gasteiger partial charge is 0.249 e. The van der Waals surface area contributed by atoms with Crippen molar-refractivity contribution in [2.45, 2.75) is 96.0 Å². The standard InChI is InChI=1S/C39H53N5O8/c1-24(2)18-29-23-52-31-15-11-27(12-16-31)20-33(43-38(48)34-6-5-17-51-34)37(47)42-32(19-26-9-13-30(50-4)14-10-26)36(46)40-25(3)39(49)44(21-28-7-8-28)22-35(45)41-29/h9-16,24-25,28-29,32-34H,5-8,17-23H2,1-4H3,(H,40,46)(H,41,45)(H,42,47)(H,43,48)/t25-,29+,32+,33+,34-/m1/s1. The molecule has 5 atom stereocenters. The number of benzene rings is 2. The molecule has 0 spiro atoms. The number of fused-ring (bicyclic) bond motifs is 17. The van der Waals surface area contributed by atoms with Crippen LogP contribution in [0.5, 0.6) is 11.5 Å². The van der Waals surface area contributed by atoms with Gasteiger partial charge in [0.15, 0.2) is 0 Å². The first kappa shape index (κ1) is 38.6. The van der Waals surface area contributed by atoms with E-state index in [9.17, 15) is 24.0 Å². The molecule has 5 amide bonds. The van der Waals surface area contributed by atoms with Gasteiger partial charge in [0.25, 0.3) is 0 Å². The van der Waals surface area contributed by atoms with E-state index in [2.05, 4.69) is 35.1 Å². The van der Waals surface area contributed by atoms with Crippen molar-refractivity contribution < 1.29 is 38.2 Å². The lowest BCUT2D eigenvalue weighted by atomic mass is 10.0. The van der Waals surface area contributed by atoms with Crippen LogP contribution < -0.4 is 30.7 Å². The summed E-state index contributed by atoms with van der Waals surface area (Å²) in [7, 11) is 1.56. The minimum Gasteiger partial charge on any atom is -0.497 e. The molecule has 13 heteroatoms. The third kappa shape index (κ3) is 11.4. The van der Waals surface area contributed by atoms with E-state index in [0.29, 0.717) is 43.4 Å². The molecule has 13 nitrogen and oxygen atoms in total. The number of amides is 5. The van der Waals surface area contributed by atoms with Gasteiger partial charge in [-0.3, -0.25) is 24.0 Å². The molecule has 282 valence electrons. The largest absolute Gasteiger partial charge is 0.497 e. The van der Waals surface area contributed by atoms with Gasteiger partial charge < -0.3 is 40.4 Å². The Morgan fingerprint density at radius 1 is 0.962 bits per heavy atom. The zero-order valence-corrected chi connectivity index (χ0v) is 30.7. The molecular weight excluding hydrogens is 666 g/mol. The molecule has 1 saturated heterocycles. The highest BCUT2D eigenvalue weighted by Gasteiger charge is 2.34. The van der Waals surface area contributed by atoms with Crippen molar-refractivity contribution in [3.05, 3.63) is 59.7 Å². The molecule has 2 aromatic rings. The quantitative estimate of drug-likeness (QED) is 0.287. The fourth-order valence-corrected chi connectivity index (χ4v) is 6.57. The van der Waals surface area contributed by atoms with Crippen molar-refractivity contribution in [3.63, 3.8) is 0 Å². The fraction of sp³-hybridized carbons (Fsp3) is 0.564. The molecule has 4 N–H and O–H groups in total. The number of carbonyl (C=O) groups is 5. The lowest BCUT2D eigenvalue weighted by molar-refractivity contribution is -0.140. The summed E-state index contributed by atoms with van der Waals surface area (Å²) in [4.78, 5) is 70.0. The van der Waals surface area contributed by atoms with Crippen LogP contribution in [0.4, 0.5) is 0 Å². The van der Waals surface area contributed by atoms with Crippen molar-refractivity contribution in [3.8, 4) is 11.5 Å². The first-order valence-corrected chi connectivity index (χ1v) is 18.4. The van der Waals surface area contributed by atoms with E-state index in [0.717, 1.165) is 30.4 Å². The molecule has 2 bridgehead atoms. The van der Waals surface area contributed by atoms with E-state index in [4.69, 9.17) is 14.2 Å². The second-order valence-electron chi connectivity index (χ2n) is 14.6. The van der Waals surface area contributed by atoms with Gasteiger partial charge in [0.1, 0.15) is 42.3 Å². The number of hydrogen-bond acceptors (Lipinski definition) is 8. The Morgan fingerprint density at radius 3 is 2.33 bits per heavy atom. The van der Waals surface area contributed by atoms with Gasteiger partial charge in [0, 0.05) is 26.0 Å². The van der Waals surface area contributed by atoms with Crippen LogP contribution in [-0.4, -0.2) is 98.1 Å². The van der Waals surface area contributed by atoms with Gasteiger partial charge >= 0.3 is 0 Å². The Balaban J connectivity index is 1.45. The monoisotopic (exact) mass is 719 g/mol. The Bertz CT molecular complexity index is 1540. The highest BCUT2D eigenvalue weighted by molar-refractivity contribution is 5.95. The first-order valence-electron chi connectivity index (χ1n) is 18.4. The highest BCUT2D eigenvalue weighted by atomic mass is 16.5. The van der Waals surface area contributed by atoms with Crippen molar-refractivity contribution >= 4 is 29.5 Å². The van der Waals surface area contributed by atoms with Crippen LogP contribution in [0.3, 0.4) is 0 Å². The fourth-order valence-electron chi connectivity index (χ4n) is 6.57. The maximum Gasteiger partial charge on any atom is 0.249 e. The Morgan fingerprint density at radius 2 is 1.69 bits per heavy atom. The number of ether oxygens (including phenoxy) is 3. The van der Waals surface area contributed by atoms with Gasteiger partial charge in [-0.15, -0.1) is 0 Å². The summed E-state index contributed by atoms with van der Waals surface area (Å²) in [6.45, 7) is 6.66. The van der Waals surface area contributed by atoms with Gasteiger partial charge in [-0.2, -0.15) is 0 Å². The van der Waals surface area contributed by atoms with Crippen LogP contribution in [0.1, 0.15) is 64.0 Å². The number of nitrogens with one attached hydrogen (secondary N) is 4. The van der Waals surface area contributed by atoms with E-state index in [-0.39, 0.29) is 43.9 Å². The second-order valence-corrected chi connectivity index (χ2v) is 14.6.